The van der Waals surface area contributed by atoms with Crippen LogP contribution < -0.4 is 0 Å². The molecule has 27 heavy (non-hydrogen) atoms. The van der Waals surface area contributed by atoms with E-state index in [1.807, 2.05) is 0 Å². The first-order chi connectivity index (χ1) is 12.8. The number of halogens is 4. The van der Waals surface area contributed by atoms with Gasteiger partial charge in [0.15, 0.2) is 6.61 Å². The van der Waals surface area contributed by atoms with Gasteiger partial charge in [0.05, 0.1) is 17.4 Å². The summed E-state index contributed by atoms with van der Waals surface area (Å²) in [6.07, 6.45) is -0.421. The zero-order valence-electron chi connectivity index (χ0n) is 13.9. The number of hydrogen-bond donors (Lipinski definition) is 0. The maximum atomic E-state index is 13.0. The highest BCUT2D eigenvalue weighted by Crippen LogP contribution is 2.30. The van der Waals surface area contributed by atoms with Gasteiger partial charge in [-0.2, -0.15) is 13.5 Å². The average molecular weight is 385 g/mol. The van der Waals surface area contributed by atoms with Crippen LogP contribution >= 0.6 is 0 Å². The largest absolute Gasteiger partial charge is 0.459 e. The summed E-state index contributed by atoms with van der Waals surface area (Å²) in [5, 5.41) is 7.66. The molecule has 0 aliphatic heterocycles. The molecular weight excluding hydrogens is 370 g/mol. The Labute approximate surface area is 150 Å². The molecule has 1 aromatic carbocycles. The number of para-hydroxylation sites is 1. The molecule has 0 radical (unpaired) electrons. The smallest absolute Gasteiger partial charge is 0.340 e. The Bertz CT molecular complexity index is 881. The highest BCUT2D eigenvalue weighted by Gasteiger charge is 2.44. The molecule has 2 atom stereocenters. The lowest BCUT2D eigenvalue weighted by Gasteiger charge is -2.26. The number of carbonyl (C=O) groups is 2. The number of fused-ring (bicyclic) bond motifs is 1. The van der Waals surface area contributed by atoms with E-state index in [2.05, 4.69) is 15.0 Å². The van der Waals surface area contributed by atoms with Crippen LogP contribution in [-0.4, -0.2) is 45.8 Å². The number of ether oxygens (including phenoxy) is 1. The van der Waals surface area contributed by atoms with Crippen molar-refractivity contribution in [3.8, 4) is 0 Å². The summed E-state index contributed by atoms with van der Waals surface area (Å²) in [5.41, 5.74) is 0.918. The van der Waals surface area contributed by atoms with Crippen molar-refractivity contribution in [3.05, 3.63) is 36.4 Å². The van der Waals surface area contributed by atoms with Crippen LogP contribution in [0.25, 0.3) is 11.0 Å². The lowest BCUT2D eigenvalue weighted by molar-refractivity contribution is -0.183. The van der Waals surface area contributed by atoms with Gasteiger partial charge in [-0.05, 0) is 25.0 Å². The van der Waals surface area contributed by atoms with Crippen molar-refractivity contribution in [1.82, 2.24) is 15.0 Å². The molecule has 144 valence electrons. The standard InChI is InChI=1S/C17H15F4N3O3/c18-16(19)17(20,21)9-27-15(26)11-6-2-1-5-10(11)14(25)24-13-8-4-3-7-12(13)22-23-24/h1-4,7-8,10-11,16H,5-6,9H2/t10-,11-/m1/s1. The van der Waals surface area contributed by atoms with Gasteiger partial charge in [0.2, 0.25) is 0 Å². The molecule has 3 rings (SSSR count). The van der Waals surface area contributed by atoms with Crippen molar-refractivity contribution in [2.24, 2.45) is 11.8 Å². The highest BCUT2D eigenvalue weighted by molar-refractivity contribution is 5.93. The van der Waals surface area contributed by atoms with Crippen LogP contribution in [0.3, 0.4) is 0 Å². The number of carbonyl (C=O) groups excluding carboxylic acids is 2. The molecule has 0 amide bonds. The fraction of sp³-hybridized carbons (Fsp3) is 0.412. The fourth-order valence-corrected chi connectivity index (χ4v) is 2.87. The second-order valence-corrected chi connectivity index (χ2v) is 6.15. The van der Waals surface area contributed by atoms with Gasteiger partial charge in [-0.15, -0.1) is 5.10 Å². The molecule has 0 N–H and O–H groups in total. The van der Waals surface area contributed by atoms with Crippen molar-refractivity contribution in [2.45, 2.75) is 25.2 Å². The molecule has 1 aliphatic rings. The number of alkyl halides is 4. The molecule has 0 unspecified atom stereocenters. The second kappa shape index (κ2) is 7.45. The highest BCUT2D eigenvalue weighted by atomic mass is 19.3. The van der Waals surface area contributed by atoms with Gasteiger partial charge in [0, 0.05) is 0 Å². The number of esters is 1. The van der Waals surface area contributed by atoms with Gasteiger partial charge in [-0.1, -0.05) is 29.5 Å². The van der Waals surface area contributed by atoms with Gasteiger partial charge in [0.1, 0.15) is 5.52 Å². The number of allylic oxidation sites excluding steroid dienone is 2. The molecule has 0 bridgehead atoms. The topological polar surface area (TPSA) is 74.1 Å². The Balaban J connectivity index is 1.78. The summed E-state index contributed by atoms with van der Waals surface area (Å²) in [6, 6.07) is 6.69. The Morgan fingerprint density at radius 2 is 1.85 bits per heavy atom. The molecule has 0 spiro atoms. The van der Waals surface area contributed by atoms with Crippen molar-refractivity contribution < 1.29 is 31.9 Å². The Morgan fingerprint density at radius 3 is 2.56 bits per heavy atom. The van der Waals surface area contributed by atoms with Crippen LogP contribution in [-0.2, 0) is 9.53 Å². The summed E-state index contributed by atoms with van der Waals surface area (Å²) < 4.78 is 55.9. The quantitative estimate of drug-likeness (QED) is 0.449. The monoisotopic (exact) mass is 385 g/mol. The predicted octanol–water partition coefficient (Wildman–Crippen LogP) is 3.10. The van der Waals surface area contributed by atoms with E-state index in [0.29, 0.717) is 11.0 Å². The van der Waals surface area contributed by atoms with Crippen molar-refractivity contribution >= 4 is 22.9 Å². The van der Waals surface area contributed by atoms with Gasteiger partial charge in [-0.3, -0.25) is 9.59 Å². The van der Waals surface area contributed by atoms with Crippen LogP contribution in [0, 0.1) is 11.8 Å². The summed E-state index contributed by atoms with van der Waals surface area (Å²) in [6.45, 7) is -1.74. The molecule has 1 heterocycles. The maximum Gasteiger partial charge on any atom is 0.340 e. The third-order valence-corrected chi connectivity index (χ3v) is 4.34. The lowest BCUT2D eigenvalue weighted by atomic mass is 9.82. The first kappa shape index (κ1) is 19.0. The number of nitrogens with zero attached hydrogens (tertiary/aromatic N) is 3. The molecule has 0 saturated carbocycles. The summed E-state index contributed by atoms with van der Waals surface area (Å²) in [4.78, 5) is 25.0. The van der Waals surface area contributed by atoms with E-state index < -0.39 is 42.7 Å². The first-order valence-corrected chi connectivity index (χ1v) is 8.13. The Kier molecular flexibility index (Phi) is 5.24. The Hall–Kier alpha value is -2.78. The molecule has 0 saturated heterocycles. The minimum atomic E-state index is -4.44. The van der Waals surface area contributed by atoms with Crippen molar-refractivity contribution in [2.75, 3.05) is 6.61 Å². The van der Waals surface area contributed by atoms with Crippen LogP contribution in [0.1, 0.15) is 17.6 Å². The predicted molar refractivity (Wildman–Crippen MR) is 85.4 cm³/mol. The van der Waals surface area contributed by atoms with E-state index in [1.54, 1.807) is 36.4 Å². The Morgan fingerprint density at radius 1 is 1.19 bits per heavy atom. The third-order valence-electron chi connectivity index (χ3n) is 4.34. The van der Waals surface area contributed by atoms with E-state index >= 15 is 0 Å². The van der Waals surface area contributed by atoms with Gasteiger partial charge < -0.3 is 4.74 Å². The maximum absolute atomic E-state index is 13.0. The molecule has 10 heteroatoms. The molecular formula is C17H15F4N3O3. The van der Waals surface area contributed by atoms with E-state index in [-0.39, 0.29) is 12.8 Å². The normalized spacial score (nSPS) is 20.2. The third kappa shape index (κ3) is 3.83. The molecule has 0 fully saturated rings. The minimum absolute atomic E-state index is 0.0715. The SMILES string of the molecule is O=C(OCC(F)(F)C(F)F)[C@@H]1CC=CC[C@H]1C(=O)n1nnc2ccccc21. The molecule has 6 nitrogen and oxygen atoms in total. The summed E-state index contributed by atoms with van der Waals surface area (Å²) in [5.74, 6) is -8.10. The fourth-order valence-electron chi connectivity index (χ4n) is 2.87. The molecule has 1 aliphatic carbocycles. The van der Waals surface area contributed by atoms with Crippen molar-refractivity contribution in [3.63, 3.8) is 0 Å². The summed E-state index contributed by atoms with van der Waals surface area (Å²) in [7, 11) is 0. The van der Waals surface area contributed by atoms with E-state index in [0.717, 1.165) is 4.68 Å². The molecule has 1 aromatic heterocycles. The van der Waals surface area contributed by atoms with E-state index in [9.17, 15) is 27.2 Å². The van der Waals surface area contributed by atoms with Crippen LogP contribution in [0.15, 0.2) is 36.4 Å². The zero-order valence-corrected chi connectivity index (χ0v) is 13.9. The summed E-state index contributed by atoms with van der Waals surface area (Å²) >= 11 is 0. The van der Waals surface area contributed by atoms with Gasteiger partial charge in [-0.25, -0.2) is 8.78 Å². The molecule has 2 aromatic rings. The van der Waals surface area contributed by atoms with E-state index in [1.165, 1.54) is 0 Å². The number of rotatable bonds is 5. The average Bonchev–Trinajstić information content (AvgIpc) is 3.09. The minimum Gasteiger partial charge on any atom is -0.459 e. The zero-order chi connectivity index (χ0) is 19.6. The number of hydrogen-bond acceptors (Lipinski definition) is 5. The van der Waals surface area contributed by atoms with Crippen molar-refractivity contribution in [1.29, 1.82) is 0 Å². The van der Waals surface area contributed by atoms with E-state index in [4.69, 9.17) is 0 Å². The number of aromatic nitrogens is 3. The van der Waals surface area contributed by atoms with Gasteiger partial charge in [0.25, 0.3) is 5.91 Å². The van der Waals surface area contributed by atoms with Crippen LogP contribution in [0.4, 0.5) is 17.6 Å². The van der Waals surface area contributed by atoms with Gasteiger partial charge >= 0.3 is 18.3 Å². The first-order valence-electron chi connectivity index (χ1n) is 8.13. The van der Waals surface area contributed by atoms with Crippen LogP contribution in [0.2, 0.25) is 0 Å². The van der Waals surface area contributed by atoms with Crippen LogP contribution in [0.5, 0.6) is 0 Å². The number of benzene rings is 1. The lowest BCUT2D eigenvalue weighted by Crippen LogP contribution is -2.39. The second-order valence-electron chi connectivity index (χ2n) is 6.15.